The van der Waals surface area contributed by atoms with Gasteiger partial charge < -0.3 is 14.9 Å². The lowest BCUT2D eigenvalue weighted by atomic mass is 10.1. The largest absolute Gasteiger partial charge is 0.481 e. The van der Waals surface area contributed by atoms with Gasteiger partial charge in [0.1, 0.15) is 5.92 Å². The van der Waals surface area contributed by atoms with Crippen LogP contribution in [-0.4, -0.2) is 47.9 Å². The van der Waals surface area contributed by atoms with Crippen LogP contribution in [0.1, 0.15) is 24.8 Å². The zero-order valence-electron chi connectivity index (χ0n) is 13.5. The van der Waals surface area contributed by atoms with Gasteiger partial charge in [-0.3, -0.25) is 14.4 Å². The lowest BCUT2D eigenvalue weighted by molar-refractivity contribution is -0.141. The molecule has 23 heavy (non-hydrogen) atoms. The average Bonchev–Trinajstić information content (AvgIpc) is 2.88. The van der Waals surface area contributed by atoms with E-state index in [1.807, 2.05) is 31.2 Å². The van der Waals surface area contributed by atoms with Gasteiger partial charge >= 0.3 is 5.97 Å². The fraction of sp³-hybridized carbons (Fsp3) is 0.471. The second kappa shape index (κ2) is 7.26. The number of amides is 2. The number of hydrogen-bond acceptors (Lipinski definition) is 3. The second-order valence-electron chi connectivity index (χ2n) is 5.92. The highest BCUT2D eigenvalue weighted by Gasteiger charge is 2.38. The lowest BCUT2D eigenvalue weighted by Gasteiger charge is -2.21. The molecule has 1 atom stereocenters. The van der Waals surface area contributed by atoms with Crippen LogP contribution < -0.4 is 4.90 Å². The van der Waals surface area contributed by atoms with Gasteiger partial charge in [0, 0.05) is 32.2 Å². The third-order valence-corrected chi connectivity index (χ3v) is 4.11. The van der Waals surface area contributed by atoms with Crippen molar-refractivity contribution in [2.24, 2.45) is 5.92 Å². The van der Waals surface area contributed by atoms with E-state index in [1.165, 1.54) is 4.90 Å². The van der Waals surface area contributed by atoms with Crippen LogP contribution in [0.5, 0.6) is 0 Å². The van der Waals surface area contributed by atoms with Crippen LogP contribution in [0.25, 0.3) is 0 Å². The predicted octanol–water partition coefficient (Wildman–Crippen LogP) is 1.67. The topological polar surface area (TPSA) is 77.9 Å². The number of aliphatic carboxylic acids is 1. The predicted molar refractivity (Wildman–Crippen MR) is 86.1 cm³/mol. The summed E-state index contributed by atoms with van der Waals surface area (Å²) in [6.45, 7) is 2.86. The monoisotopic (exact) mass is 318 g/mol. The molecule has 0 spiro atoms. The normalized spacial score (nSPS) is 17.4. The first-order valence-corrected chi connectivity index (χ1v) is 7.75. The van der Waals surface area contributed by atoms with Gasteiger partial charge in [-0.2, -0.15) is 0 Å². The summed E-state index contributed by atoms with van der Waals surface area (Å²) in [5, 5.41) is 8.63. The van der Waals surface area contributed by atoms with E-state index in [4.69, 9.17) is 5.11 Å². The molecule has 2 amide bonds. The molecular formula is C17H22N2O4. The van der Waals surface area contributed by atoms with E-state index in [0.717, 1.165) is 11.3 Å². The number of carbonyl (C=O) groups is 3. The van der Waals surface area contributed by atoms with Gasteiger partial charge in [-0.15, -0.1) is 0 Å². The van der Waals surface area contributed by atoms with Crippen molar-refractivity contribution < 1.29 is 19.5 Å². The van der Waals surface area contributed by atoms with Crippen molar-refractivity contribution in [3.8, 4) is 0 Å². The fourth-order valence-corrected chi connectivity index (χ4v) is 2.73. The number of benzene rings is 1. The summed E-state index contributed by atoms with van der Waals surface area (Å²) in [4.78, 5) is 38.5. The molecule has 1 saturated heterocycles. The Bertz CT molecular complexity index is 597. The molecule has 0 saturated carbocycles. The summed E-state index contributed by atoms with van der Waals surface area (Å²) in [5.41, 5.74) is 1.93. The summed E-state index contributed by atoms with van der Waals surface area (Å²) < 4.78 is 0. The van der Waals surface area contributed by atoms with Crippen molar-refractivity contribution in [1.29, 1.82) is 0 Å². The van der Waals surface area contributed by atoms with Crippen molar-refractivity contribution in [1.82, 2.24) is 4.90 Å². The number of nitrogens with zero attached hydrogens (tertiary/aromatic N) is 2. The molecule has 1 heterocycles. The van der Waals surface area contributed by atoms with E-state index in [1.54, 1.807) is 11.9 Å². The molecule has 124 valence electrons. The van der Waals surface area contributed by atoms with E-state index in [9.17, 15) is 14.4 Å². The minimum absolute atomic E-state index is 0.0196. The Kier molecular flexibility index (Phi) is 5.36. The Hall–Kier alpha value is -2.37. The molecule has 6 heteroatoms. The Morgan fingerprint density at radius 1 is 1.30 bits per heavy atom. The molecule has 1 N–H and O–H groups in total. The molecular weight excluding hydrogens is 296 g/mol. The molecule has 1 aliphatic rings. The summed E-state index contributed by atoms with van der Waals surface area (Å²) in [7, 11) is 1.62. The second-order valence-corrected chi connectivity index (χ2v) is 5.92. The van der Waals surface area contributed by atoms with Gasteiger partial charge in [-0.25, -0.2) is 0 Å². The van der Waals surface area contributed by atoms with Crippen LogP contribution >= 0.6 is 0 Å². The number of aryl methyl sites for hydroxylation is 1. The highest BCUT2D eigenvalue weighted by Crippen LogP contribution is 2.26. The molecule has 0 bridgehead atoms. The van der Waals surface area contributed by atoms with Gasteiger partial charge in [0.25, 0.3) is 0 Å². The minimum Gasteiger partial charge on any atom is -0.481 e. The van der Waals surface area contributed by atoms with Gasteiger partial charge in [0.05, 0.1) is 0 Å². The zero-order valence-corrected chi connectivity index (χ0v) is 13.5. The molecule has 0 unspecified atom stereocenters. The molecule has 0 aliphatic carbocycles. The highest BCUT2D eigenvalue weighted by atomic mass is 16.4. The lowest BCUT2D eigenvalue weighted by Crippen LogP contribution is -2.38. The fourth-order valence-electron chi connectivity index (χ4n) is 2.73. The summed E-state index contributed by atoms with van der Waals surface area (Å²) in [6.07, 6.45) is 0.903. The maximum atomic E-state index is 12.5. The number of hydrogen-bond donors (Lipinski definition) is 1. The first-order valence-electron chi connectivity index (χ1n) is 7.75. The Labute approximate surface area is 135 Å². The van der Waals surface area contributed by atoms with Crippen LogP contribution in [0.4, 0.5) is 5.69 Å². The number of carbonyl (C=O) groups excluding carboxylic acids is 2. The van der Waals surface area contributed by atoms with Crippen molar-refractivity contribution in [2.45, 2.75) is 26.2 Å². The van der Waals surface area contributed by atoms with Crippen LogP contribution in [0.2, 0.25) is 0 Å². The van der Waals surface area contributed by atoms with Crippen molar-refractivity contribution >= 4 is 23.5 Å². The molecule has 1 fully saturated rings. The van der Waals surface area contributed by atoms with Crippen molar-refractivity contribution in [3.05, 3.63) is 29.8 Å². The maximum Gasteiger partial charge on any atom is 0.303 e. The first-order chi connectivity index (χ1) is 10.9. The SMILES string of the molecule is Cc1ccc(N2CC[C@H](C(=O)N(C)CCCC(=O)O)C2=O)cc1. The van der Waals surface area contributed by atoms with E-state index in [2.05, 4.69) is 0 Å². The Morgan fingerprint density at radius 2 is 1.96 bits per heavy atom. The molecule has 0 aromatic heterocycles. The summed E-state index contributed by atoms with van der Waals surface area (Å²) in [6, 6.07) is 7.65. The minimum atomic E-state index is -0.881. The Balaban J connectivity index is 1.96. The highest BCUT2D eigenvalue weighted by molar-refractivity contribution is 6.09. The Morgan fingerprint density at radius 3 is 2.57 bits per heavy atom. The third-order valence-electron chi connectivity index (χ3n) is 4.11. The first kappa shape index (κ1) is 17.0. The molecule has 1 aromatic rings. The zero-order chi connectivity index (χ0) is 17.0. The van der Waals surface area contributed by atoms with Gasteiger partial charge in [-0.1, -0.05) is 17.7 Å². The van der Waals surface area contributed by atoms with Gasteiger partial charge in [0.2, 0.25) is 11.8 Å². The van der Waals surface area contributed by atoms with Crippen molar-refractivity contribution in [3.63, 3.8) is 0 Å². The van der Waals surface area contributed by atoms with E-state index >= 15 is 0 Å². The van der Waals surface area contributed by atoms with Crippen LogP contribution in [0, 0.1) is 12.8 Å². The number of carboxylic acid groups (broad SMARTS) is 1. The third kappa shape index (κ3) is 4.09. The standard InChI is InChI=1S/C17H22N2O4/c1-12-5-7-13(8-6-12)19-11-9-14(17(19)23)16(22)18(2)10-3-4-15(20)21/h5-8,14H,3-4,9-11H2,1-2H3,(H,20,21)/t14-/m1/s1. The molecule has 6 nitrogen and oxygen atoms in total. The van der Waals surface area contributed by atoms with Crippen LogP contribution in [0.3, 0.4) is 0 Å². The number of carboxylic acids is 1. The van der Waals surface area contributed by atoms with Crippen LogP contribution in [-0.2, 0) is 14.4 Å². The van der Waals surface area contributed by atoms with E-state index in [0.29, 0.717) is 25.9 Å². The van der Waals surface area contributed by atoms with E-state index in [-0.39, 0.29) is 18.2 Å². The molecule has 0 radical (unpaired) electrons. The summed E-state index contributed by atoms with van der Waals surface area (Å²) in [5.74, 6) is -1.95. The maximum absolute atomic E-state index is 12.5. The van der Waals surface area contributed by atoms with Crippen LogP contribution in [0.15, 0.2) is 24.3 Å². The number of rotatable bonds is 6. The molecule has 1 aromatic carbocycles. The number of anilines is 1. The smallest absolute Gasteiger partial charge is 0.303 e. The van der Waals surface area contributed by atoms with E-state index < -0.39 is 11.9 Å². The average molecular weight is 318 g/mol. The molecule has 2 rings (SSSR count). The van der Waals surface area contributed by atoms with Crippen molar-refractivity contribution in [2.75, 3.05) is 25.0 Å². The van der Waals surface area contributed by atoms with Gasteiger partial charge in [0.15, 0.2) is 0 Å². The molecule has 1 aliphatic heterocycles. The summed E-state index contributed by atoms with van der Waals surface area (Å²) >= 11 is 0. The quantitative estimate of drug-likeness (QED) is 0.809. The van der Waals surface area contributed by atoms with Gasteiger partial charge in [-0.05, 0) is 31.9 Å².